The van der Waals surface area contributed by atoms with Gasteiger partial charge in [0.1, 0.15) is 17.8 Å². The lowest BCUT2D eigenvalue weighted by Gasteiger charge is -2.35. The number of amides is 1. The molecule has 3 fully saturated rings. The van der Waals surface area contributed by atoms with Gasteiger partial charge in [-0.3, -0.25) is 14.4 Å². The molecule has 5 aliphatic rings. The van der Waals surface area contributed by atoms with Gasteiger partial charge in [-0.25, -0.2) is 13.8 Å². The first kappa shape index (κ1) is 34.4. The number of halogens is 2. The number of nitrogens with one attached hydrogen (secondary N) is 1. The fourth-order valence-corrected chi connectivity index (χ4v) is 9.75. The van der Waals surface area contributed by atoms with E-state index in [1.807, 2.05) is 36.5 Å². The number of fused-ring (bicyclic) bond motifs is 4. The molecule has 1 saturated carbocycles. The van der Waals surface area contributed by atoms with Crippen LogP contribution in [0.5, 0.6) is 0 Å². The zero-order valence-corrected chi connectivity index (χ0v) is 31.5. The van der Waals surface area contributed by atoms with Crippen LogP contribution in [0.3, 0.4) is 0 Å². The highest BCUT2D eigenvalue weighted by Crippen LogP contribution is 2.41. The Morgan fingerprint density at radius 2 is 1.91 bits per heavy atom. The van der Waals surface area contributed by atoms with E-state index in [1.165, 1.54) is 0 Å². The monoisotopic (exact) mass is 723 g/mol. The molecule has 4 aliphatic heterocycles. The van der Waals surface area contributed by atoms with Crippen LogP contribution in [0.4, 0.5) is 26.2 Å². The molecule has 1 aliphatic carbocycles. The number of carbonyl (C=O) groups is 1. The van der Waals surface area contributed by atoms with Gasteiger partial charge in [-0.05, 0) is 100 Å². The topological polar surface area (TPSA) is 85.7 Å². The largest absolute Gasteiger partial charge is 0.365 e. The molecule has 2 saturated heterocycles. The highest BCUT2D eigenvalue weighted by molar-refractivity contribution is 5.98. The minimum atomic E-state index is -0.807. The Hall–Kier alpha value is -4.32. The number of nitrogens with zero attached hydrogens (tertiary/aromatic N) is 8. The third-order valence-electron chi connectivity index (χ3n) is 12.7. The van der Waals surface area contributed by atoms with Gasteiger partial charge in [0.05, 0.1) is 24.5 Å². The Labute approximate surface area is 310 Å². The molecule has 4 aromatic rings. The van der Waals surface area contributed by atoms with Gasteiger partial charge >= 0.3 is 0 Å². The molecule has 2 aromatic heterocycles. The van der Waals surface area contributed by atoms with Gasteiger partial charge in [0.25, 0.3) is 5.91 Å². The minimum absolute atomic E-state index is 0.000614. The van der Waals surface area contributed by atoms with Crippen molar-refractivity contribution < 1.29 is 13.6 Å². The molecule has 53 heavy (non-hydrogen) atoms. The molecule has 6 heterocycles. The quantitative estimate of drug-likeness (QED) is 0.226. The predicted molar refractivity (Wildman–Crippen MR) is 204 cm³/mol. The number of benzene rings is 2. The van der Waals surface area contributed by atoms with Crippen LogP contribution in [0.15, 0.2) is 24.3 Å². The molecule has 1 unspecified atom stereocenters. The normalized spacial score (nSPS) is 22.9. The average Bonchev–Trinajstić information content (AvgIpc) is 3.83. The van der Waals surface area contributed by atoms with Crippen LogP contribution >= 0.6 is 0 Å². The van der Waals surface area contributed by atoms with Crippen LogP contribution in [-0.2, 0) is 32.5 Å². The molecular weight excluding hydrogens is 673 g/mol. The number of rotatable bonds is 8. The van der Waals surface area contributed by atoms with Gasteiger partial charge in [-0.2, -0.15) is 10.1 Å². The number of hydrogen-bond acceptors (Lipinski definition) is 8. The zero-order valence-electron chi connectivity index (χ0n) is 31.5. The van der Waals surface area contributed by atoms with Gasteiger partial charge in [0.15, 0.2) is 5.69 Å². The van der Waals surface area contributed by atoms with Gasteiger partial charge in [-0.15, -0.1) is 0 Å². The van der Waals surface area contributed by atoms with Crippen LogP contribution in [0.1, 0.15) is 89.6 Å². The molecule has 2 atom stereocenters. The zero-order chi connectivity index (χ0) is 36.6. The number of hydrogen-bond donors (Lipinski definition) is 1. The second-order valence-electron chi connectivity index (χ2n) is 16.2. The average molecular weight is 724 g/mol. The standard InChI is InChI=1S/C41H51F2N9O/c1-5-30-32(43)11-8-27-18-25(2)19-34(36(27)30)49-17-12-31-33(22-49)45-40(44-24-41-13-6-15-51(41)21-28(42)20-41)46-38(31)50-14-7-16-52-35(23-50)26(3)37(47-52)39(53)48(4)29-9-10-29/h8,11,18-19,28-29H,5-7,9-10,12-17,20-24H2,1-4H3,(H,44,45,46)/t28-,41?/m1/s1. The molecule has 10 nitrogen and oxygen atoms in total. The maximum absolute atomic E-state index is 15.2. The molecule has 0 radical (unpaired) electrons. The lowest BCUT2D eigenvalue weighted by molar-refractivity contribution is 0.0777. The second kappa shape index (κ2) is 13.2. The van der Waals surface area contributed by atoms with Crippen molar-refractivity contribution in [3.63, 3.8) is 0 Å². The summed E-state index contributed by atoms with van der Waals surface area (Å²) in [5, 5.41) is 10.5. The van der Waals surface area contributed by atoms with Crippen LogP contribution in [0.2, 0.25) is 0 Å². The number of alkyl halides is 1. The van der Waals surface area contributed by atoms with Crippen LogP contribution in [0.25, 0.3) is 10.8 Å². The lowest BCUT2D eigenvalue weighted by atomic mass is 9.93. The van der Waals surface area contributed by atoms with Crippen LogP contribution in [0, 0.1) is 19.7 Å². The van der Waals surface area contributed by atoms with Gasteiger partial charge in [0.2, 0.25) is 5.95 Å². The molecule has 1 amide bonds. The van der Waals surface area contributed by atoms with Gasteiger partial charge < -0.3 is 20.0 Å². The van der Waals surface area contributed by atoms with Gasteiger partial charge in [-0.1, -0.05) is 19.1 Å². The maximum atomic E-state index is 15.2. The molecule has 0 spiro atoms. The Morgan fingerprint density at radius 1 is 1.06 bits per heavy atom. The van der Waals surface area contributed by atoms with E-state index in [0.29, 0.717) is 56.7 Å². The predicted octanol–water partition coefficient (Wildman–Crippen LogP) is 6.34. The van der Waals surface area contributed by atoms with E-state index in [0.717, 1.165) is 121 Å². The molecule has 9 rings (SSSR count). The number of carbonyl (C=O) groups excluding carboxylic acids is 1. The summed E-state index contributed by atoms with van der Waals surface area (Å²) >= 11 is 0. The second-order valence-corrected chi connectivity index (χ2v) is 16.2. The molecule has 280 valence electrons. The van der Waals surface area contributed by atoms with E-state index in [2.05, 4.69) is 39.1 Å². The summed E-state index contributed by atoms with van der Waals surface area (Å²) in [6, 6.07) is 8.13. The summed E-state index contributed by atoms with van der Waals surface area (Å²) in [4.78, 5) is 32.8. The minimum Gasteiger partial charge on any atom is -0.365 e. The van der Waals surface area contributed by atoms with Crippen molar-refractivity contribution in [3.05, 3.63) is 69.4 Å². The van der Waals surface area contributed by atoms with E-state index < -0.39 is 6.17 Å². The summed E-state index contributed by atoms with van der Waals surface area (Å²) in [5.74, 6) is 1.32. The summed E-state index contributed by atoms with van der Waals surface area (Å²) in [6.45, 7) is 11.6. The Kier molecular flexibility index (Phi) is 8.59. The van der Waals surface area contributed by atoms with Crippen molar-refractivity contribution in [1.82, 2.24) is 29.5 Å². The Bertz CT molecular complexity index is 2100. The van der Waals surface area contributed by atoms with Crippen molar-refractivity contribution >= 4 is 34.1 Å². The number of aromatic nitrogens is 4. The molecule has 1 N–H and O–H groups in total. The van der Waals surface area contributed by atoms with Crippen molar-refractivity contribution in [1.29, 1.82) is 0 Å². The summed E-state index contributed by atoms with van der Waals surface area (Å²) in [5.41, 5.74) is 7.34. The molecular formula is C41H51F2N9O. The van der Waals surface area contributed by atoms with Gasteiger partial charge in [0, 0.05) is 73.6 Å². The third kappa shape index (κ3) is 6.01. The molecule has 0 bridgehead atoms. The van der Waals surface area contributed by atoms with E-state index in [4.69, 9.17) is 15.1 Å². The van der Waals surface area contributed by atoms with E-state index in [1.54, 1.807) is 6.07 Å². The maximum Gasteiger partial charge on any atom is 0.274 e. The smallest absolute Gasteiger partial charge is 0.274 e. The summed E-state index contributed by atoms with van der Waals surface area (Å²) in [6.07, 6.45) is 6.10. The number of aryl methyl sites for hydroxylation is 3. The van der Waals surface area contributed by atoms with Crippen LogP contribution < -0.4 is 15.1 Å². The Balaban J connectivity index is 1.09. The van der Waals surface area contributed by atoms with Crippen molar-refractivity contribution in [2.45, 2.75) is 110 Å². The first-order valence-corrected chi connectivity index (χ1v) is 19.7. The molecule has 12 heteroatoms. The van der Waals surface area contributed by atoms with Crippen LogP contribution in [-0.4, -0.2) is 93.0 Å². The third-order valence-corrected chi connectivity index (χ3v) is 12.7. The van der Waals surface area contributed by atoms with E-state index >= 15 is 4.39 Å². The summed E-state index contributed by atoms with van der Waals surface area (Å²) in [7, 11) is 1.89. The highest BCUT2D eigenvalue weighted by atomic mass is 19.1. The van der Waals surface area contributed by atoms with Crippen molar-refractivity contribution in [3.8, 4) is 0 Å². The lowest BCUT2D eigenvalue weighted by Crippen LogP contribution is -2.44. The fraction of sp³-hybridized carbons (Fsp3) is 0.561. The number of anilines is 3. The Morgan fingerprint density at radius 3 is 2.72 bits per heavy atom. The highest BCUT2D eigenvalue weighted by Gasteiger charge is 2.48. The van der Waals surface area contributed by atoms with E-state index in [-0.39, 0.29) is 17.3 Å². The first-order valence-electron chi connectivity index (χ1n) is 19.7. The first-order chi connectivity index (χ1) is 25.6. The fourth-order valence-electron chi connectivity index (χ4n) is 9.75. The van der Waals surface area contributed by atoms with Crippen molar-refractivity contribution in [2.24, 2.45) is 0 Å². The van der Waals surface area contributed by atoms with E-state index in [9.17, 15) is 9.18 Å². The molecule has 2 aromatic carbocycles. The van der Waals surface area contributed by atoms with Crippen molar-refractivity contribution in [2.75, 3.05) is 54.9 Å². The summed E-state index contributed by atoms with van der Waals surface area (Å²) < 4.78 is 32.0. The SMILES string of the molecule is CCc1c(F)ccc2cc(C)cc(N3CCc4c(nc(NCC56CCCN5C[C@H](F)C6)nc4N4CCCn5nc(C(=O)N(C)C6CC6)c(C)c5C4)C3)c12.